The molecule has 0 spiro atoms. The summed E-state index contributed by atoms with van der Waals surface area (Å²) in [7, 11) is 0. The first kappa shape index (κ1) is 20.6. The molecule has 0 saturated carbocycles. The van der Waals surface area contributed by atoms with Crippen LogP contribution in [0.25, 0.3) is 22.0 Å². The van der Waals surface area contributed by atoms with Gasteiger partial charge in [-0.3, -0.25) is 10.1 Å². The van der Waals surface area contributed by atoms with Gasteiger partial charge in [0, 0.05) is 29.4 Å². The van der Waals surface area contributed by atoms with Gasteiger partial charge in [-0.05, 0) is 53.0 Å². The number of fused-ring (bicyclic) bond motifs is 1. The minimum Gasteiger partial charge on any atom is -0.423 e. The summed E-state index contributed by atoms with van der Waals surface area (Å²) in [4.78, 5) is 16.1. The zero-order chi connectivity index (χ0) is 21.8. The Bertz CT molecular complexity index is 1310. The van der Waals surface area contributed by atoms with Crippen LogP contribution < -0.4 is 4.74 Å². The van der Waals surface area contributed by atoms with E-state index in [1.807, 2.05) is 36.4 Å². The number of carbonyl (C=O) groups is 1. The molecule has 2 aromatic heterocycles. The topological polar surface area (TPSA) is 67.9 Å². The third kappa shape index (κ3) is 4.13. The van der Waals surface area contributed by atoms with Crippen molar-refractivity contribution in [2.24, 2.45) is 0 Å². The van der Waals surface area contributed by atoms with Crippen LogP contribution in [0.2, 0.25) is 5.02 Å². The number of halogens is 1. The third-order valence-electron chi connectivity index (χ3n) is 5.02. The van der Waals surface area contributed by atoms with Crippen LogP contribution >= 0.6 is 11.6 Å². The lowest BCUT2D eigenvalue weighted by Gasteiger charge is -2.19. The molecule has 0 radical (unpaired) electrons. The van der Waals surface area contributed by atoms with Crippen LogP contribution in [0.15, 0.2) is 79.8 Å². The molecule has 2 aromatic carbocycles. The number of hydrogen-bond acceptors (Lipinski definition) is 4. The molecule has 0 aliphatic carbocycles. The van der Waals surface area contributed by atoms with Crippen molar-refractivity contribution in [2.75, 3.05) is 0 Å². The molecule has 4 aromatic rings. The molecule has 0 bridgehead atoms. The quantitative estimate of drug-likeness (QED) is 0.229. The van der Waals surface area contributed by atoms with E-state index in [9.17, 15) is 4.79 Å². The highest BCUT2D eigenvalue weighted by molar-refractivity contribution is 6.32. The van der Waals surface area contributed by atoms with Crippen LogP contribution in [0.3, 0.4) is 0 Å². The molecule has 0 fully saturated rings. The molecule has 2 heterocycles. The lowest BCUT2D eigenvalue weighted by Crippen LogP contribution is -2.06. The number of allylic oxidation sites excluding steroid dienone is 1. The van der Waals surface area contributed by atoms with E-state index in [1.165, 1.54) is 0 Å². The Morgan fingerprint density at radius 3 is 2.77 bits per heavy atom. The third-order valence-corrected chi connectivity index (χ3v) is 5.32. The van der Waals surface area contributed by atoms with Gasteiger partial charge >= 0.3 is 5.97 Å². The van der Waals surface area contributed by atoms with Crippen LogP contribution in [0.4, 0.5) is 0 Å². The van der Waals surface area contributed by atoms with Gasteiger partial charge in [0.15, 0.2) is 0 Å². The van der Waals surface area contributed by atoms with E-state index in [1.54, 1.807) is 24.7 Å². The van der Waals surface area contributed by atoms with Crippen molar-refractivity contribution < 1.29 is 9.53 Å². The second kappa shape index (κ2) is 8.98. The number of hydrogen-bond donors (Lipinski definition) is 1. The summed E-state index contributed by atoms with van der Waals surface area (Å²) in [5, 5.41) is 8.64. The Balaban J connectivity index is 2.04. The number of esters is 1. The fourth-order valence-corrected chi connectivity index (χ4v) is 3.86. The van der Waals surface area contributed by atoms with Crippen LogP contribution in [0.1, 0.15) is 30.0 Å². The Morgan fingerprint density at radius 2 is 2.00 bits per heavy atom. The van der Waals surface area contributed by atoms with E-state index in [-0.39, 0.29) is 0 Å². The van der Waals surface area contributed by atoms with Crippen LogP contribution in [0.5, 0.6) is 5.75 Å². The highest BCUT2D eigenvalue weighted by Crippen LogP contribution is 2.40. The van der Waals surface area contributed by atoms with E-state index < -0.39 is 5.97 Å². The summed E-state index contributed by atoms with van der Waals surface area (Å²) in [5.74, 6) is -0.0668. The van der Waals surface area contributed by atoms with Gasteiger partial charge in [0.2, 0.25) is 0 Å². The number of aromatic nitrogens is 3. The number of para-hydroxylation sites is 1. The lowest BCUT2D eigenvalue weighted by molar-refractivity contribution is -0.128. The van der Waals surface area contributed by atoms with Crippen molar-refractivity contribution in [3.05, 3.63) is 101 Å². The summed E-state index contributed by atoms with van der Waals surface area (Å²) < 4.78 is 5.58. The molecule has 0 atom stereocenters. The van der Waals surface area contributed by atoms with Crippen molar-refractivity contribution in [1.82, 2.24) is 15.2 Å². The molecule has 0 saturated heterocycles. The standard InChI is InChI=1S/C25H20ClN3O2/c1-3-18(19-11-12-27-15-21(19)26)25(16-9-10-22-17(13-16)14-28-29-22)20-7-5-6-8-23(20)31-24(30)4-2/h4-15H,2-3H2,1H3,(H,28,29)/b25-18+. The molecule has 4 rings (SSSR count). The Labute approximate surface area is 185 Å². The second-order valence-corrected chi connectivity index (χ2v) is 7.26. The smallest absolute Gasteiger partial charge is 0.335 e. The van der Waals surface area contributed by atoms with Crippen LogP contribution in [0, 0.1) is 0 Å². The maximum Gasteiger partial charge on any atom is 0.335 e. The molecule has 31 heavy (non-hydrogen) atoms. The predicted molar refractivity (Wildman–Crippen MR) is 124 cm³/mol. The molecular formula is C25H20ClN3O2. The fourth-order valence-electron chi connectivity index (χ4n) is 3.62. The number of nitrogens with one attached hydrogen (secondary N) is 1. The maximum atomic E-state index is 12.0. The first-order chi connectivity index (χ1) is 15.1. The normalized spacial score (nSPS) is 11.8. The first-order valence-corrected chi connectivity index (χ1v) is 10.2. The Kier molecular flexibility index (Phi) is 5.96. The summed E-state index contributed by atoms with van der Waals surface area (Å²) >= 11 is 6.53. The monoisotopic (exact) mass is 429 g/mol. The molecule has 0 amide bonds. The van der Waals surface area contributed by atoms with E-state index in [0.717, 1.165) is 44.8 Å². The fraction of sp³-hybridized carbons (Fsp3) is 0.0800. The van der Waals surface area contributed by atoms with Gasteiger partial charge in [0.05, 0.1) is 16.7 Å². The van der Waals surface area contributed by atoms with Crippen molar-refractivity contribution in [2.45, 2.75) is 13.3 Å². The van der Waals surface area contributed by atoms with Crippen molar-refractivity contribution in [1.29, 1.82) is 0 Å². The highest BCUT2D eigenvalue weighted by Gasteiger charge is 2.19. The minimum absolute atomic E-state index is 0.450. The van der Waals surface area contributed by atoms with Gasteiger partial charge in [-0.1, -0.05) is 49.4 Å². The van der Waals surface area contributed by atoms with Crippen LogP contribution in [-0.2, 0) is 4.79 Å². The summed E-state index contributed by atoms with van der Waals surface area (Å²) in [6.45, 7) is 5.58. The number of carbonyl (C=O) groups excluding carboxylic acids is 1. The van der Waals surface area contributed by atoms with Gasteiger partial charge in [0.1, 0.15) is 5.75 Å². The molecule has 0 aliphatic heterocycles. The average molecular weight is 430 g/mol. The molecule has 5 nitrogen and oxygen atoms in total. The zero-order valence-corrected chi connectivity index (χ0v) is 17.7. The summed E-state index contributed by atoms with van der Waals surface area (Å²) in [5.41, 5.74) is 5.50. The number of aromatic amines is 1. The van der Waals surface area contributed by atoms with Crippen molar-refractivity contribution >= 4 is 39.6 Å². The Morgan fingerprint density at radius 1 is 1.16 bits per heavy atom. The number of H-pyrrole nitrogens is 1. The second-order valence-electron chi connectivity index (χ2n) is 6.86. The molecule has 6 heteroatoms. The molecule has 0 unspecified atom stereocenters. The molecule has 0 aliphatic rings. The summed E-state index contributed by atoms with van der Waals surface area (Å²) in [6, 6.07) is 15.4. The number of rotatable bonds is 6. The maximum absolute atomic E-state index is 12.0. The van der Waals surface area contributed by atoms with E-state index in [2.05, 4.69) is 34.8 Å². The van der Waals surface area contributed by atoms with Crippen molar-refractivity contribution in [3.63, 3.8) is 0 Å². The van der Waals surface area contributed by atoms with Gasteiger partial charge in [-0.2, -0.15) is 5.10 Å². The predicted octanol–water partition coefficient (Wildman–Crippen LogP) is 6.07. The molecular weight excluding hydrogens is 410 g/mol. The first-order valence-electron chi connectivity index (χ1n) is 9.82. The zero-order valence-electron chi connectivity index (χ0n) is 16.9. The van der Waals surface area contributed by atoms with Gasteiger partial charge in [0.25, 0.3) is 0 Å². The SMILES string of the molecule is C=CC(=O)Oc1ccccc1/C(=C(\CC)c1ccncc1Cl)c1ccc2[nH]ncc2c1. The number of pyridine rings is 1. The van der Waals surface area contributed by atoms with Gasteiger partial charge < -0.3 is 4.74 Å². The Hall–Kier alpha value is -3.70. The van der Waals surface area contributed by atoms with E-state index >= 15 is 0 Å². The minimum atomic E-state index is -0.517. The molecule has 154 valence electrons. The number of nitrogens with zero attached hydrogens (tertiary/aromatic N) is 2. The molecule has 1 N–H and O–H groups in total. The lowest BCUT2D eigenvalue weighted by atomic mass is 9.87. The number of benzene rings is 2. The van der Waals surface area contributed by atoms with Gasteiger partial charge in [-0.15, -0.1) is 0 Å². The van der Waals surface area contributed by atoms with Crippen LogP contribution in [-0.4, -0.2) is 21.2 Å². The average Bonchev–Trinajstić information content (AvgIpc) is 3.26. The van der Waals surface area contributed by atoms with Crippen molar-refractivity contribution in [3.8, 4) is 5.75 Å². The van der Waals surface area contributed by atoms with E-state index in [4.69, 9.17) is 16.3 Å². The number of ether oxygens (including phenoxy) is 1. The summed E-state index contributed by atoms with van der Waals surface area (Å²) in [6.07, 6.45) is 6.99. The van der Waals surface area contributed by atoms with Gasteiger partial charge in [-0.25, -0.2) is 4.79 Å². The largest absolute Gasteiger partial charge is 0.423 e. The highest BCUT2D eigenvalue weighted by atomic mass is 35.5. The van der Waals surface area contributed by atoms with E-state index in [0.29, 0.717) is 17.2 Å².